The van der Waals surface area contributed by atoms with E-state index >= 15 is 0 Å². The largest absolute Gasteiger partial charge is 0.377 e. The molecule has 1 aliphatic heterocycles. The van der Waals surface area contributed by atoms with Crippen LogP contribution in [0.1, 0.15) is 41.0 Å². The topological polar surface area (TPSA) is 148 Å². The SMILES string of the molecule is CC(C)C1CC(C(=O)NCCOCCOCCOCCOCCOCCNC=O)CN(C(=O)/C(C#N)=C/C(C)(C)C)C1. The monoisotopic (exact) mass is 596 g/mol. The molecular weight excluding hydrogens is 544 g/mol. The van der Waals surface area contributed by atoms with Crippen molar-refractivity contribution in [3.8, 4) is 6.07 Å². The van der Waals surface area contributed by atoms with Crippen LogP contribution in [0.15, 0.2) is 11.6 Å². The van der Waals surface area contributed by atoms with Gasteiger partial charge < -0.3 is 39.2 Å². The zero-order valence-corrected chi connectivity index (χ0v) is 26.2. The Bertz CT molecular complexity index is 853. The van der Waals surface area contributed by atoms with Crippen LogP contribution in [0.4, 0.5) is 0 Å². The average molecular weight is 597 g/mol. The second kappa shape index (κ2) is 22.0. The molecule has 2 N–H and O–H groups in total. The molecule has 0 bridgehead atoms. The first-order valence-corrected chi connectivity index (χ1v) is 14.8. The van der Waals surface area contributed by atoms with Gasteiger partial charge in [0.25, 0.3) is 5.91 Å². The first-order chi connectivity index (χ1) is 20.1. The smallest absolute Gasteiger partial charge is 0.264 e. The standard InChI is InChI=1S/C30H52N4O8/c1-24(2)25-18-26(22-34(21-25)29(37)27(20-31)19-30(3,4)5)28(36)33-7-9-39-11-13-41-15-17-42-16-14-40-12-10-38-8-6-32-23-35/h19,23-26H,6-18,21-22H2,1-5H3,(H,32,35)(H,33,36)/b27-19+. The minimum Gasteiger partial charge on any atom is -0.377 e. The Morgan fingerprint density at radius 3 is 1.83 bits per heavy atom. The van der Waals surface area contributed by atoms with Crippen molar-refractivity contribution in [2.75, 3.05) is 92.2 Å². The van der Waals surface area contributed by atoms with Gasteiger partial charge in [0.15, 0.2) is 0 Å². The van der Waals surface area contributed by atoms with Gasteiger partial charge in [0.2, 0.25) is 12.3 Å². The van der Waals surface area contributed by atoms with Crippen LogP contribution in [0, 0.1) is 34.5 Å². The molecule has 0 aromatic rings. The Morgan fingerprint density at radius 1 is 0.881 bits per heavy atom. The number of hydrogen-bond donors (Lipinski definition) is 2. The zero-order valence-electron chi connectivity index (χ0n) is 26.2. The summed E-state index contributed by atoms with van der Waals surface area (Å²) >= 11 is 0. The summed E-state index contributed by atoms with van der Waals surface area (Å²) in [7, 11) is 0. The zero-order chi connectivity index (χ0) is 31.2. The third-order valence-electron chi connectivity index (χ3n) is 6.52. The maximum Gasteiger partial charge on any atom is 0.264 e. The highest BCUT2D eigenvalue weighted by Crippen LogP contribution is 2.29. The van der Waals surface area contributed by atoms with Gasteiger partial charge in [-0.15, -0.1) is 0 Å². The first kappa shape index (κ1) is 37.5. The number of nitrogens with one attached hydrogen (secondary N) is 2. The van der Waals surface area contributed by atoms with E-state index in [0.717, 1.165) is 0 Å². The van der Waals surface area contributed by atoms with Gasteiger partial charge in [0.05, 0.1) is 72.0 Å². The number of hydrogen-bond acceptors (Lipinski definition) is 9. The second-order valence-corrected chi connectivity index (χ2v) is 11.6. The van der Waals surface area contributed by atoms with Crippen molar-refractivity contribution in [3.63, 3.8) is 0 Å². The van der Waals surface area contributed by atoms with Gasteiger partial charge in [-0.05, 0) is 23.7 Å². The normalized spacial score (nSPS) is 17.6. The number of piperidine rings is 1. The fraction of sp³-hybridized carbons (Fsp3) is 0.800. The fourth-order valence-corrected chi connectivity index (χ4v) is 4.28. The lowest BCUT2D eigenvalue weighted by atomic mass is 9.81. The maximum absolute atomic E-state index is 13.1. The third-order valence-corrected chi connectivity index (χ3v) is 6.52. The number of amides is 3. The summed E-state index contributed by atoms with van der Waals surface area (Å²) in [6.45, 7) is 16.1. The number of ether oxygens (including phenoxy) is 5. The van der Waals surface area contributed by atoms with Crippen LogP contribution in [-0.4, -0.2) is 115 Å². The Morgan fingerprint density at radius 2 is 1.38 bits per heavy atom. The Balaban J connectivity index is 2.18. The van der Waals surface area contributed by atoms with E-state index in [9.17, 15) is 19.6 Å². The number of rotatable bonds is 22. The molecule has 1 heterocycles. The summed E-state index contributed by atoms with van der Waals surface area (Å²) in [4.78, 5) is 37.8. The number of nitrogens with zero attached hydrogens (tertiary/aromatic N) is 2. The van der Waals surface area contributed by atoms with E-state index < -0.39 is 0 Å². The Hall–Kier alpha value is -2.56. The van der Waals surface area contributed by atoms with Crippen molar-refractivity contribution in [2.24, 2.45) is 23.2 Å². The van der Waals surface area contributed by atoms with Crippen molar-refractivity contribution in [2.45, 2.75) is 41.0 Å². The number of carbonyl (C=O) groups is 3. The highest BCUT2D eigenvalue weighted by atomic mass is 16.6. The van der Waals surface area contributed by atoms with E-state index in [1.807, 2.05) is 20.8 Å². The lowest BCUT2D eigenvalue weighted by Crippen LogP contribution is -2.50. The molecule has 42 heavy (non-hydrogen) atoms. The lowest BCUT2D eigenvalue weighted by Gasteiger charge is -2.39. The summed E-state index contributed by atoms with van der Waals surface area (Å²) in [6, 6.07) is 2.05. The van der Waals surface area contributed by atoms with Crippen LogP contribution < -0.4 is 10.6 Å². The van der Waals surface area contributed by atoms with Gasteiger partial charge in [-0.25, -0.2) is 0 Å². The van der Waals surface area contributed by atoms with Crippen LogP contribution in [0.25, 0.3) is 0 Å². The lowest BCUT2D eigenvalue weighted by molar-refractivity contribution is -0.134. The molecule has 240 valence electrons. The van der Waals surface area contributed by atoms with Gasteiger partial charge in [-0.3, -0.25) is 14.4 Å². The molecule has 0 aromatic heterocycles. The number of allylic oxidation sites excluding steroid dienone is 1. The van der Waals surface area contributed by atoms with Gasteiger partial charge in [-0.1, -0.05) is 40.7 Å². The van der Waals surface area contributed by atoms with E-state index in [1.54, 1.807) is 11.0 Å². The van der Waals surface area contributed by atoms with Crippen LogP contribution in [-0.2, 0) is 38.1 Å². The average Bonchev–Trinajstić information content (AvgIpc) is 2.95. The van der Waals surface area contributed by atoms with Crippen molar-refractivity contribution in [1.29, 1.82) is 5.26 Å². The molecule has 12 nitrogen and oxygen atoms in total. The Labute approximate surface area is 251 Å². The van der Waals surface area contributed by atoms with E-state index in [2.05, 4.69) is 30.6 Å². The van der Waals surface area contributed by atoms with E-state index in [0.29, 0.717) is 111 Å². The van der Waals surface area contributed by atoms with E-state index in [-0.39, 0.29) is 34.6 Å². The predicted molar refractivity (Wildman–Crippen MR) is 157 cm³/mol. The molecule has 3 amide bonds. The van der Waals surface area contributed by atoms with Crippen LogP contribution >= 0.6 is 0 Å². The molecular formula is C30H52N4O8. The highest BCUT2D eigenvalue weighted by Gasteiger charge is 2.36. The van der Waals surface area contributed by atoms with Gasteiger partial charge >= 0.3 is 0 Å². The molecule has 12 heteroatoms. The summed E-state index contributed by atoms with van der Waals surface area (Å²) in [5.41, 5.74) is -0.171. The maximum atomic E-state index is 13.1. The van der Waals surface area contributed by atoms with Gasteiger partial charge in [-0.2, -0.15) is 5.26 Å². The van der Waals surface area contributed by atoms with Crippen LogP contribution in [0.3, 0.4) is 0 Å². The fourth-order valence-electron chi connectivity index (χ4n) is 4.28. The van der Waals surface area contributed by atoms with Crippen molar-refractivity contribution in [3.05, 3.63) is 11.6 Å². The number of nitriles is 1. The molecule has 0 saturated carbocycles. The molecule has 0 spiro atoms. The number of likely N-dealkylation sites (tertiary alicyclic amines) is 1. The third kappa shape index (κ3) is 17.4. The van der Waals surface area contributed by atoms with Crippen LogP contribution in [0.5, 0.6) is 0 Å². The van der Waals surface area contributed by atoms with Gasteiger partial charge in [0, 0.05) is 26.2 Å². The molecule has 1 saturated heterocycles. The molecule has 1 rings (SSSR count). The number of carbonyl (C=O) groups excluding carboxylic acids is 3. The predicted octanol–water partition coefficient (Wildman–Crippen LogP) is 1.55. The first-order valence-electron chi connectivity index (χ1n) is 14.8. The summed E-state index contributed by atoms with van der Waals surface area (Å²) < 4.78 is 27.1. The quantitative estimate of drug-likeness (QED) is 0.0822. The molecule has 1 aliphatic rings. The molecule has 2 atom stereocenters. The highest BCUT2D eigenvalue weighted by molar-refractivity contribution is 5.97. The van der Waals surface area contributed by atoms with Gasteiger partial charge in [0.1, 0.15) is 11.6 Å². The van der Waals surface area contributed by atoms with Crippen molar-refractivity contribution in [1.82, 2.24) is 15.5 Å². The molecule has 2 unspecified atom stereocenters. The molecule has 0 aliphatic carbocycles. The van der Waals surface area contributed by atoms with Crippen molar-refractivity contribution >= 4 is 18.2 Å². The molecule has 0 radical (unpaired) electrons. The van der Waals surface area contributed by atoms with E-state index in [1.165, 1.54) is 0 Å². The summed E-state index contributed by atoms with van der Waals surface area (Å²) in [6.07, 6.45) is 3.04. The summed E-state index contributed by atoms with van der Waals surface area (Å²) in [5, 5.41) is 15.0. The van der Waals surface area contributed by atoms with E-state index in [4.69, 9.17) is 23.7 Å². The molecule has 0 aromatic carbocycles. The minimum atomic E-state index is -0.330. The molecule has 1 fully saturated rings. The minimum absolute atomic E-state index is 0.100. The Kier molecular flexibility index (Phi) is 19.7. The van der Waals surface area contributed by atoms with Crippen molar-refractivity contribution < 1.29 is 38.1 Å². The summed E-state index contributed by atoms with van der Waals surface area (Å²) in [5.74, 6) is -0.244. The second-order valence-electron chi connectivity index (χ2n) is 11.6. The van der Waals surface area contributed by atoms with Crippen LogP contribution in [0.2, 0.25) is 0 Å².